The van der Waals surface area contributed by atoms with Gasteiger partial charge in [-0.3, -0.25) is 0 Å². The molecule has 0 fully saturated rings. The van der Waals surface area contributed by atoms with Crippen LogP contribution in [0.5, 0.6) is 5.75 Å². The fourth-order valence-electron chi connectivity index (χ4n) is 1.70. The molecule has 0 atom stereocenters. The predicted octanol–water partition coefficient (Wildman–Crippen LogP) is 5.34. The van der Waals surface area contributed by atoms with Crippen LogP contribution < -0.4 is 4.74 Å². The highest BCUT2D eigenvalue weighted by Gasteiger charge is 2.40. The molecule has 1 heterocycles. The first kappa shape index (κ1) is 15.6. The standard InChI is InChI=1S/C15H20BrFO2Si/c1-15(2,3)20(4,5)19-12-8-9-18-14-10(12)6-7-11(16)13(14)17/h6-8H,9H2,1-5H3. The van der Waals surface area contributed by atoms with Crippen LogP contribution in [-0.2, 0) is 4.43 Å². The Labute approximate surface area is 129 Å². The van der Waals surface area contributed by atoms with Gasteiger partial charge in [0.1, 0.15) is 12.4 Å². The Kier molecular flexibility index (Phi) is 4.04. The quantitative estimate of drug-likeness (QED) is 0.664. The zero-order chi connectivity index (χ0) is 15.1. The Balaban J connectivity index is 2.38. The molecule has 0 aromatic heterocycles. The van der Waals surface area contributed by atoms with Crippen LogP contribution in [0.4, 0.5) is 4.39 Å². The second-order valence-corrected chi connectivity index (χ2v) is 12.1. The Hall–Kier alpha value is -0.813. The van der Waals surface area contributed by atoms with Gasteiger partial charge in [0.05, 0.1) is 10.0 Å². The van der Waals surface area contributed by atoms with E-state index in [1.807, 2.05) is 12.1 Å². The molecule has 1 aliphatic heterocycles. The average molecular weight is 359 g/mol. The molecule has 0 unspecified atom stereocenters. The van der Waals surface area contributed by atoms with Gasteiger partial charge in [-0.15, -0.1) is 0 Å². The number of halogens is 2. The van der Waals surface area contributed by atoms with Crippen molar-refractivity contribution in [3.63, 3.8) is 0 Å². The van der Waals surface area contributed by atoms with E-state index in [9.17, 15) is 4.39 Å². The lowest BCUT2D eigenvalue weighted by Gasteiger charge is -2.38. The van der Waals surface area contributed by atoms with Crippen LogP contribution in [0.15, 0.2) is 22.7 Å². The van der Waals surface area contributed by atoms with E-state index in [0.29, 0.717) is 16.6 Å². The molecule has 0 bridgehead atoms. The van der Waals surface area contributed by atoms with E-state index in [4.69, 9.17) is 9.16 Å². The lowest BCUT2D eigenvalue weighted by Crippen LogP contribution is -2.40. The molecule has 0 aliphatic carbocycles. The molecule has 1 aromatic rings. The Morgan fingerprint density at radius 1 is 1.30 bits per heavy atom. The van der Waals surface area contributed by atoms with E-state index in [1.54, 1.807) is 6.07 Å². The van der Waals surface area contributed by atoms with E-state index in [0.717, 1.165) is 5.76 Å². The van der Waals surface area contributed by atoms with Crippen molar-refractivity contribution in [2.75, 3.05) is 6.61 Å². The number of fused-ring (bicyclic) bond motifs is 1. The summed E-state index contributed by atoms with van der Waals surface area (Å²) in [6.07, 6.45) is 1.89. The maximum Gasteiger partial charge on any atom is 0.250 e. The second kappa shape index (κ2) is 5.19. The average Bonchev–Trinajstić information content (AvgIpc) is 2.32. The number of hydrogen-bond acceptors (Lipinski definition) is 2. The maximum absolute atomic E-state index is 14.1. The second-order valence-electron chi connectivity index (χ2n) is 6.48. The highest BCUT2D eigenvalue weighted by atomic mass is 79.9. The van der Waals surface area contributed by atoms with Gasteiger partial charge in [0.15, 0.2) is 11.6 Å². The summed E-state index contributed by atoms with van der Waals surface area (Å²) < 4.78 is 26.2. The summed E-state index contributed by atoms with van der Waals surface area (Å²) in [6.45, 7) is 11.2. The summed E-state index contributed by atoms with van der Waals surface area (Å²) in [6, 6.07) is 3.52. The SMILES string of the molecule is CC(C)(C)[Si](C)(C)OC1=CCOc2c1ccc(Br)c2F. The molecule has 1 aliphatic rings. The minimum Gasteiger partial charge on any atom is -0.543 e. The van der Waals surface area contributed by atoms with E-state index >= 15 is 0 Å². The van der Waals surface area contributed by atoms with Crippen LogP contribution in [0.3, 0.4) is 0 Å². The van der Waals surface area contributed by atoms with Crippen LogP contribution in [0.1, 0.15) is 26.3 Å². The molecule has 2 nitrogen and oxygen atoms in total. The first-order chi connectivity index (χ1) is 9.13. The van der Waals surface area contributed by atoms with E-state index < -0.39 is 8.32 Å². The summed E-state index contributed by atoms with van der Waals surface area (Å²) in [5, 5.41) is 0.0974. The molecule has 0 radical (unpaired) electrons. The third-order valence-corrected chi connectivity index (χ3v) is 8.94. The smallest absolute Gasteiger partial charge is 0.250 e. The fraction of sp³-hybridized carbons (Fsp3) is 0.467. The van der Waals surface area contributed by atoms with Gasteiger partial charge < -0.3 is 9.16 Å². The molecule has 0 saturated carbocycles. The summed E-state index contributed by atoms with van der Waals surface area (Å²) in [7, 11) is -1.95. The Morgan fingerprint density at radius 3 is 2.55 bits per heavy atom. The maximum atomic E-state index is 14.1. The minimum atomic E-state index is -1.95. The van der Waals surface area contributed by atoms with Crippen LogP contribution in [0, 0.1) is 5.82 Å². The monoisotopic (exact) mass is 358 g/mol. The summed E-state index contributed by atoms with van der Waals surface area (Å²) in [4.78, 5) is 0. The van der Waals surface area contributed by atoms with Crippen molar-refractivity contribution in [3.05, 3.63) is 34.1 Å². The van der Waals surface area contributed by atoms with Gasteiger partial charge in [0.2, 0.25) is 8.32 Å². The van der Waals surface area contributed by atoms with Crippen molar-refractivity contribution in [1.29, 1.82) is 0 Å². The molecule has 110 valence electrons. The fourth-order valence-corrected chi connectivity index (χ4v) is 3.06. The normalized spacial score (nSPS) is 15.2. The highest BCUT2D eigenvalue weighted by Crippen LogP contribution is 2.42. The first-order valence-electron chi connectivity index (χ1n) is 6.64. The third-order valence-electron chi connectivity index (χ3n) is 3.98. The van der Waals surface area contributed by atoms with Gasteiger partial charge >= 0.3 is 0 Å². The van der Waals surface area contributed by atoms with E-state index in [1.165, 1.54) is 0 Å². The predicted molar refractivity (Wildman–Crippen MR) is 85.9 cm³/mol. The number of rotatable bonds is 2. The Morgan fingerprint density at radius 2 is 1.95 bits per heavy atom. The number of ether oxygens (including phenoxy) is 1. The van der Waals surface area contributed by atoms with Gasteiger partial charge in [-0.1, -0.05) is 20.8 Å². The summed E-state index contributed by atoms with van der Waals surface area (Å²) >= 11 is 3.18. The van der Waals surface area contributed by atoms with Crippen LogP contribution in [-0.4, -0.2) is 14.9 Å². The molecule has 1 aromatic carbocycles. The molecule has 2 rings (SSSR count). The zero-order valence-corrected chi connectivity index (χ0v) is 15.1. The topological polar surface area (TPSA) is 18.5 Å². The van der Waals surface area contributed by atoms with Gasteiger partial charge in [-0.25, -0.2) is 4.39 Å². The molecule has 20 heavy (non-hydrogen) atoms. The van der Waals surface area contributed by atoms with Gasteiger partial charge in [0.25, 0.3) is 0 Å². The van der Waals surface area contributed by atoms with E-state index in [2.05, 4.69) is 49.8 Å². The van der Waals surface area contributed by atoms with Crippen LogP contribution in [0.25, 0.3) is 5.76 Å². The minimum absolute atomic E-state index is 0.0974. The number of benzene rings is 1. The van der Waals surface area contributed by atoms with Crippen LogP contribution in [0.2, 0.25) is 18.1 Å². The van der Waals surface area contributed by atoms with E-state index in [-0.39, 0.29) is 16.6 Å². The molecule has 0 N–H and O–H groups in total. The molecule has 0 amide bonds. The first-order valence-corrected chi connectivity index (χ1v) is 10.3. The largest absolute Gasteiger partial charge is 0.543 e. The lowest BCUT2D eigenvalue weighted by atomic mass is 10.1. The highest BCUT2D eigenvalue weighted by molar-refractivity contribution is 9.10. The van der Waals surface area contributed by atoms with Crippen molar-refractivity contribution >= 4 is 30.0 Å². The van der Waals surface area contributed by atoms with Crippen molar-refractivity contribution in [2.45, 2.75) is 38.9 Å². The molecular formula is C15H20BrFO2Si. The summed E-state index contributed by atoms with van der Waals surface area (Å²) in [5.74, 6) is 0.645. The van der Waals surface area contributed by atoms with Crippen molar-refractivity contribution in [3.8, 4) is 5.75 Å². The van der Waals surface area contributed by atoms with Crippen molar-refractivity contribution in [1.82, 2.24) is 0 Å². The third kappa shape index (κ3) is 2.79. The van der Waals surface area contributed by atoms with Crippen molar-refractivity contribution in [2.24, 2.45) is 0 Å². The Bertz CT molecular complexity index is 562. The molecule has 5 heteroatoms. The number of hydrogen-bond donors (Lipinski definition) is 0. The van der Waals surface area contributed by atoms with Gasteiger partial charge in [-0.2, -0.15) is 0 Å². The van der Waals surface area contributed by atoms with Gasteiger partial charge in [0, 0.05) is 0 Å². The van der Waals surface area contributed by atoms with Gasteiger partial charge in [-0.05, 0) is 52.3 Å². The van der Waals surface area contributed by atoms with Crippen molar-refractivity contribution < 1.29 is 13.6 Å². The molecule has 0 spiro atoms. The summed E-state index contributed by atoms with van der Waals surface area (Å²) in [5.41, 5.74) is 0.696. The molecule has 0 saturated heterocycles. The molecular weight excluding hydrogens is 339 g/mol. The lowest BCUT2D eigenvalue weighted by molar-refractivity contribution is 0.324. The van der Waals surface area contributed by atoms with Crippen LogP contribution >= 0.6 is 15.9 Å². The zero-order valence-electron chi connectivity index (χ0n) is 12.5.